The first kappa shape index (κ1) is 13.3. The van der Waals surface area contributed by atoms with Crippen molar-refractivity contribution in [3.05, 3.63) is 46.8 Å². The summed E-state index contributed by atoms with van der Waals surface area (Å²) < 4.78 is 0. The van der Waals surface area contributed by atoms with Crippen molar-refractivity contribution in [3.63, 3.8) is 0 Å². The van der Waals surface area contributed by atoms with Crippen molar-refractivity contribution in [1.29, 1.82) is 0 Å². The first-order valence-electron chi connectivity index (χ1n) is 6.77. The topological polar surface area (TPSA) is 49.3 Å². The summed E-state index contributed by atoms with van der Waals surface area (Å²) in [6.07, 6.45) is 1.55. The third kappa shape index (κ3) is 2.05. The normalized spacial score (nSPS) is 22.1. The van der Waals surface area contributed by atoms with Gasteiger partial charge in [-0.05, 0) is 54.4 Å². The highest BCUT2D eigenvalue weighted by Crippen LogP contribution is 2.34. The van der Waals surface area contributed by atoms with Crippen molar-refractivity contribution in [2.75, 3.05) is 6.54 Å². The van der Waals surface area contributed by atoms with E-state index in [2.05, 4.69) is 23.7 Å². The second-order valence-corrected chi connectivity index (χ2v) is 6.17. The molecular weight excluding hydrogens is 270 g/mol. The predicted octanol–water partition coefficient (Wildman–Crippen LogP) is 3.39. The van der Waals surface area contributed by atoms with Crippen LogP contribution in [0.3, 0.4) is 0 Å². The Morgan fingerprint density at radius 2 is 2.05 bits per heavy atom. The Morgan fingerprint density at radius 1 is 1.30 bits per heavy atom. The van der Waals surface area contributed by atoms with Crippen molar-refractivity contribution in [1.82, 2.24) is 5.32 Å². The highest BCUT2D eigenvalue weighted by Gasteiger charge is 2.42. The molecule has 0 amide bonds. The van der Waals surface area contributed by atoms with Gasteiger partial charge in [-0.25, -0.2) is 4.79 Å². The number of benzene rings is 1. The molecular formula is C16H17NO2S. The molecule has 1 aliphatic heterocycles. The SMILES string of the molecule is Cc1ccsc1-c1ccc(C2(C(=O)O)CCCN2)cc1. The van der Waals surface area contributed by atoms with E-state index in [0.29, 0.717) is 6.42 Å². The number of hydrogen-bond acceptors (Lipinski definition) is 3. The van der Waals surface area contributed by atoms with Gasteiger partial charge in [0.15, 0.2) is 0 Å². The molecule has 2 N–H and O–H groups in total. The molecule has 0 radical (unpaired) electrons. The molecule has 1 fully saturated rings. The monoisotopic (exact) mass is 287 g/mol. The lowest BCUT2D eigenvalue weighted by Gasteiger charge is -2.25. The molecule has 4 heteroatoms. The molecule has 2 heterocycles. The number of carboxylic acid groups (broad SMARTS) is 1. The zero-order valence-electron chi connectivity index (χ0n) is 11.3. The van der Waals surface area contributed by atoms with Crippen LogP contribution in [0.1, 0.15) is 24.0 Å². The van der Waals surface area contributed by atoms with Crippen molar-refractivity contribution < 1.29 is 9.90 Å². The van der Waals surface area contributed by atoms with Crippen LogP contribution < -0.4 is 5.32 Å². The Bertz CT molecular complexity index is 624. The van der Waals surface area contributed by atoms with Crippen LogP contribution in [0.5, 0.6) is 0 Å². The maximum Gasteiger partial charge on any atom is 0.328 e. The molecule has 1 aliphatic rings. The number of nitrogens with one attached hydrogen (secondary N) is 1. The van der Waals surface area contributed by atoms with E-state index in [1.165, 1.54) is 10.4 Å². The number of aliphatic carboxylic acids is 1. The first-order valence-corrected chi connectivity index (χ1v) is 7.65. The van der Waals surface area contributed by atoms with Crippen LogP contribution in [-0.4, -0.2) is 17.6 Å². The minimum Gasteiger partial charge on any atom is -0.480 e. The summed E-state index contributed by atoms with van der Waals surface area (Å²) in [4.78, 5) is 12.9. The Kier molecular flexibility index (Phi) is 3.36. The summed E-state index contributed by atoms with van der Waals surface area (Å²) in [5.74, 6) is -0.782. The van der Waals surface area contributed by atoms with Gasteiger partial charge in [-0.1, -0.05) is 24.3 Å². The molecule has 1 saturated heterocycles. The maximum atomic E-state index is 11.6. The molecule has 0 spiro atoms. The molecule has 104 valence electrons. The first-order chi connectivity index (χ1) is 9.63. The van der Waals surface area contributed by atoms with Crippen LogP contribution in [0.25, 0.3) is 10.4 Å². The summed E-state index contributed by atoms with van der Waals surface area (Å²) in [5, 5.41) is 14.8. The van der Waals surface area contributed by atoms with Crippen LogP contribution in [0.4, 0.5) is 0 Å². The fraction of sp³-hybridized carbons (Fsp3) is 0.312. The van der Waals surface area contributed by atoms with E-state index in [1.54, 1.807) is 11.3 Å². The Labute approximate surface area is 122 Å². The van der Waals surface area contributed by atoms with Gasteiger partial charge < -0.3 is 5.11 Å². The molecule has 0 bridgehead atoms. The third-order valence-corrected chi connectivity index (χ3v) is 5.09. The summed E-state index contributed by atoms with van der Waals surface area (Å²) in [7, 11) is 0. The second-order valence-electron chi connectivity index (χ2n) is 5.25. The minimum absolute atomic E-state index is 0.652. The smallest absolute Gasteiger partial charge is 0.328 e. The summed E-state index contributed by atoms with van der Waals surface area (Å²) >= 11 is 1.71. The molecule has 1 aromatic heterocycles. The molecule has 3 rings (SSSR count). The number of aryl methyl sites for hydroxylation is 1. The van der Waals surface area contributed by atoms with E-state index >= 15 is 0 Å². The Hall–Kier alpha value is -1.65. The van der Waals surface area contributed by atoms with E-state index in [-0.39, 0.29) is 0 Å². The zero-order valence-corrected chi connectivity index (χ0v) is 12.2. The number of hydrogen-bond donors (Lipinski definition) is 2. The molecule has 0 aliphatic carbocycles. The number of thiophene rings is 1. The molecule has 2 aromatic rings. The average Bonchev–Trinajstić information content (AvgIpc) is 3.08. The molecule has 0 saturated carbocycles. The van der Waals surface area contributed by atoms with Crippen LogP contribution in [-0.2, 0) is 10.3 Å². The van der Waals surface area contributed by atoms with E-state index in [1.807, 2.05) is 24.3 Å². The molecule has 1 aromatic carbocycles. The van der Waals surface area contributed by atoms with Crippen molar-refractivity contribution in [3.8, 4) is 10.4 Å². The van der Waals surface area contributed by atoms with Gasteiger partial charge in [0.25, 0.3) is 0 Å². The van der Waals surface area contributed by atoms with Crippen LogP contribution in [0.15, 0.2) is 35.7 Å². The van der Waals surface area contributed by atoms with Gasteiger partial charge in [-0.3, -0.25) is 5.32 Å². The lowest BCUT2D eigenvalue weighted by molar-refractivity contribution is -0.144. The second kappa shape index (κ2) is 5.04. The van der Waals surface area contributed by atoms with E-state index in [9.17, 15) is 9.90 Å². The summed E-state index contributed by atoms with van der Waals surface area (Å²) in [6, 6.07) is 10.0. The fourth-order valence-electron chi connectivity index (χ4n) is 2.87. The quantitative estimate of drug-likeness (QED) is 0.909. The van der Waals surface area contributed by atoms with E-state index in [4.69, 9.17) is 0 Å². The molecule has 1 unspecified atom stereocenters. The van der Waals surface area contributed by atoms with Gasteiger partial charge >= 0.3 is 5.97 Å². The highest BCUT2D eigenvalue weighted by atomic mass is 32.1. The zero-order chi connectivity index (χ0) is 14.2. The van der Waals surface area contributed by atoms with Crippen LogP contribution in [0, 0.1) is 6.92 Å². The van der Waals surface area contributed by atoms with Gasteiger partial charge in [0, 0.05) is 4.88 Å². The molecule has 3 nitrogen and oxygen atoms in total. The standard InChI is InChI=1S/C16H17NO2S/c1-11-7-10-20-14(11)12-3-5-13(6-4-12)16(15(18)19)8-2-9-17-16/h3-7,10,17H,2,8-9H2,1H3,(H,18,19). The summed E-state index contributed by atoms with van der Waals surface area (Å²) in [5.41, 5.74) is 2.36. The lowest BCUT2D eigenvalue weighted by Crippen LogP contribution is -2.44. The highest BCUT2D eigenvalue weighted by molar-refractivity contribution is 7.13. The summed E-state index contributed by atoms with van der Waals surface area (Å²) in [6.45, 7) is 2.86. The number of carboxylic acids is 1. The largest absolute Gasteiger partial charge is 0.480 e. The van der Waals surface area contributed by atoms with Crippen LogP contribution >= 0.6 is 11.3 Å². The van der Waals surface area contributed by atoms with E-state index in [0.717, 1.165) is 24.1 Å². The fourth-order valence-corrected chi connectivity index (χ4v) is 3.81. The van der Waals surface area contributed by atoms with Gasteiger partial charge in [0.05, 0.1) is 0 Å². The average molecular weight is 287 g/mol. The molecule has 1 atom stereocenters. The van der Waals surface area contributed by atoms with Gasteiger partial charge in [-0.2, -0.15) is 0 Å². The lowest BCUT2D eigenvalue weighted by atomic mass is 9.88. The number of rotatable bonds is 3. The third-order valence-electron chi connectivity index (χ3n) is 4.02. The van der Waals surface area contributed by atoms with Crippen molar-refractivity contribution in [2.24, 2.45) is 0 Å². The maximum absolute atomic E-state index is 11.6. The van der Waals surface area contributed by atoms with Crippen molar-refractivity contribution >= 4 is 17.3 Å². The van der Waals surface area contributed by atoms with E-state index < -0.39 is 11.5 Å². The number of carbonyl (C=O) groups is 1. The van der Waals surface area contributed by atoms with Gasteiger partial charge in [-0.15, -0.1) is 11.3 Å². The Morgan fingerprint density at radius 3 is 2.55 bits per heavy atom. The van der Waals surface area contributed by atoms with Crippen LogP contribution in [0.2, 0.25) is 0 Å². The Balaban J connectivity index is 1.97. The van der Waals surface area contributed by atoms with Crippen molar-refractivity contribution in [2.45, 2.75) is 25.3 Å². The minimum atomic E-state index is -0.900. The van der Waals surface area contributed by atoms with Gasteiger partial charge in [0.1, 0.15) is 5.54 Å². The molecule has 20 heavy (non-hydrogen) atoms. The predicted molar refractivity (Wildman–Crippen MR) is 81.0 cm³/mol. The van der Waals surface area contributed by atoms with Gasteiger partial charge in [0.2, 0.25) is 0 Å².